The predicted octanol–water partition coefficient (Wildman–Crippen LogP) is 2.31. The topological polar surface area (TPSA) is 98.7 Å². The van der Waals surface area contributed by atoms with Crippen molar-refractivity contribution in [3.63, 3.8) is 0 Å². The van der Waals surface area contributed by atoms with Crippen LogP contribution in [0, 0.1) is 0 Å². The fourth-order valence-electron chi connectivity index (χ4n) is 1.75. The zero-order valence-electron chi connectivity index (χ0n) is 11.3. The van der Waals surface area contributed by atoms with E-state index in [9.17, 15) is 19.8 Å². The van der Waals surface area contributed by atoms with E-state index in [1.54, 1.807) is 24.3 Å². The number of benzene rings is 2. The van der Waals surface area contributed by atoms with Crippen LogP contribution in [0.5, 0.6) is 11.5 Å². The van der Waals surface area contributed by atoms with Gasteiger partial charge in [0.25, 0.3) is 5.91 Å². The Hall–Kier alpha value is -3.02. The first kappa shape index (κ1) is 14.4. The molecule has 6 nitrogen and oxygen atoms in total. The van der Waals surface area contributed by atoms with E-state index in [0.717, 1.165) is 0 Å². The van der Waals surface area contributed by atoms with Crippen LogP contribution in [0.3, 0.4) is 0 Å². The zero-order chi connectivity index (χ0) is 15.4. The molecular weight excluding hydrogens is 272 g/mol. The number of phenols is 2. The lowest BCUT2D eigenvalue weighted by atomic mass is 10.1. The van der Waals surface area contributed by atoms with Crippen LogP contribution in [0.25, 0.3) is 0 Å². The Bertz CT molecular complexity index is 681. The van der Waals surface area contributed by atoms with E-state index in [4.69, 9.17) is 0 Å². The number of carbonyl (C=O) groups excluding carboxylic acids is 2. The third kappa shape index (κ3) is 3.50. The fraction of sp³-hybridized carbons (Fsp3) is 0.0667. The molecule has 2 aromatic rings. The maximum Gasteiger partial charge on any atom is 0.259 e. The smallest absolute Gasteiger partial charge is 0.259 e. The van der Waals surface area contributed by atoms with Crippen molar-refractivity contribution in [2.75, 3.05) is 10.6 Å². The molecule has 0 spiro atoms. The number of para-hydroxylation sites is 1. The Morgan fingerprint density at radius 1 is 0.905 bits per heavy atom. The van der Waals surface area contributed by atoms with Crippen LogP contribution in [0.15, 0.2) is 42.5 Å². The lowest BCUT2D eigenvalue weighted by molar-refractivity contribution is -0.114. The Morgan fingerprint density at radius 3 is 2.05 bits per heavy atom. The van der Waals surface area contributed by atoms with Gasteiger partial charge in [-0.1, -0.05) is 6.07 Å². The second kappa shape index (κ2) is 5.96. The normalized spacial score (nSPS) is 9.95. The van der Waals surface area contributed by atoms with Gasteiger partial charge in [-0.2, -0.15) is 0 Å². The highest BCUT2D eigenvalue weighted by Crippen LogP contribution is 2.28. The first-order chi connectivity index (χ1) is 9.97. The molecular formula is C15H14N2O4. The molecule has 6 heteroatoms. The summed E-state index contributed by atoms with van der Waals surface area (Å²) in [6, 6.07) is 10.7. The zero-order valence-corrected chi connectivity index (χ0v) is 11.3. The number of hydrogen-bond acceptors (Lipinski definition) is 4. The number of carbonyl (C=O) groups is 2. The van der Waals surface area contributed by atoms with E-state index < -0.39 is 11.7 Å². The average Bonchev–Trinajstić information content (AvgIpc) is 2.43. The molecule has 0 aliphatic carbocycles. The highest BCUT2D eigenvalue weighted by atomic mass is 16.3. The molecule has 2 amide bonds. The van der Waals surface area contributed by atoms with Gasteiger partial charge in [0.2, 0.25) is 5.91 Å². The average molecular weight is 286 g/mol. The highest BCUT2D eigenvalue weighted by molar-refractivity contribution is 6.06. The molecule has 0 aliphatic heterocycles. The second-order valence-electron chi connectivity index (χ2n) is 4.39. The van der Waals surface area contributed by atoms with Gasteiger partial charge >= 0.3 is 0 Å². The lowest BCUT2D eigenvalue weighted by Crippen LogP contribution is -2.12. The van der Waals surface area contributed by atoms with Crippen LogP contribution in [0.4, 0.5) is 11.4 Å². The maximum atomic E-state index is 12.0. The molecule has 0 aliphatic rings. The number of amides is 2. The third-order valence-electron chi connectivity index (χ3n) is 2.72. The van der Waals surface area contributed by atoms with Crippen LogP contribution in [0.2, 0.25) is 0 Å². The molecule has 0 bridgehead atoms. The van der Waals surface area contributed by atoms with Gasteiger partial charge in [0.05, 0.1) is 5.56 Å². The minimum Gasteiger partial charge on any atom is -0.504 e. The Labute approximate surface area is 121 Å². The first-order valence-corrected chi connectivity index (χ1v) is 6.17. The van der Waals surface area contributed by atoms with Gasteiger partial charge in [0, 0.05) is 18.3 Å². The summed E-state index contributed by atoms with van der Waals surface area (Å²) in [4.78, 5) is 22.9. The molecule has 0 radical (unpaired) electrons. The van der Waals surface area contributed by atoms with Crippen LogP contribution in [0.1, 0.15) is 17.3 Å². The van der Waals surface area contributed by atoms with Crippen molar-refractivity contribution < 1.29 is 19.8 Å². The fourth-order valence-corrected chi connectivity index (χ4v) is 1.75. The maximum absolute atomic E-state index is 12.0. The molecule has 2 aromatic carbocycles. The van der Waals surface area contributed by atoms with E-state index in [0.29, 0.717) is 11.4 Å². The molecule has 21 heavy (non-hydrogen) atoms. The summed E-state index contributed by atoms with van der Waals surface area (Å²) in [7, 11) is 0. The summed E-state index contributed by atoms with van der Waals surface area (Å²) in [6.07, 6.45) is 0. The van der Waals surface area contributed by atoms with E-state index in [1.807, 2.05) is 0 Å². The van der Waals surface area contributed by atoms with E-state index in [2.05, 4.69) is 10.6 Å². The monoisotopic (exact) mass is 286 g/mol. The van der Waals surface area contributed by atoms with Gasteiger partial charge in [-0.05, 0) is 36.4 Å². The van der Waals surface area contributed by atoms with Gasteiger partial charge in [-0.3, -0.25) is 9.59 Å². The van der Waals surface area contributed by atoms with Crippen LogP contribution in [-0.4, -0.2) is 22.0 Å². The molecule has 4 N–H and O–H groups in total. The van der Waals surface area contributed by atoms with Crippen molar-refractivity contribution in [2.24, 2.45) is 0 Å². The predicted molar refractivity (Wildman–Crippen MR) is 78.5 cm³/mol. The summed E-state index contributed by atoms with van der Waals surface area (Å²) in [6.45, 7) is 1.40. The minimum atomic E-state index is -0.546. The summed E-state index contributed by atoms with van der Waals surface area (Å²) in [5.41, 5.74) is 1.08. The van der Waals surface area contributed by atoms with Gasteiger partial charge < -0.3 is 20.8 Å². The van der Waals surface area contributed by atoms with E-state index in [-0.39, 0.29) is 17.2 Å². The molecule has 0 atom stereocenters. The minimum absolute atomic E-state index is 0.0269. The summed E-state index contributed by atoms with van der Waals surface area (Å²) in [5.74, 6) is -1.55. The lowest BCUT2D eigenvalue weighted by Gasteiger charge is -2.08. The van der Waals surface area contributed by atoms with Crippen molar-refractivity contribution in [3.05, 3.63) is 48.0 Å². The molecule has 108 valence electrons. The van der Waals surface area contributed by atoms with E-state index in [1.165, 1.54) is 25.1 Å². The quantitative estimate of drug-likeness (QED) is 0.651. The number of nitrogens with one attached hydrogen (secondary N) is 2. The largest absolute Gasteiger partial charge is 0.504 e. The van der Waals surface area contributed by atoms with Gasteiger partial charge in [0.15, 0.2) is 11.5 Å². The molecule has 0 unspecified atom stereocenters. The first-order valence-electron chi connectivity index (χ1n) is 6.17. The van der Waals surface area contributed by atoms with E-state index >= 15 is 0 Å². The standard InChI is InChI=1S/C15H14N2O4/c1-9(18)16-10-5-7-11(8-6-10)17-15(21)12-3-2-4-13(19)14(12)20/h2-8,19-20H,1H3,(H,16,18)(H,17,21). The number of rotatable bonds is 3. The molecule has 0 saturated heterocycles. The number of hydrogen-bond donors (Lipinski definition) is 4. The van der Waals surface area contributed by atoms with Crippen LogP contribution in [-0.2, 0) is 4.79 Å². The third-order valence-corrected chi connectivity index (χ3v) is 2.72. The van der Waals surface area contributed by atoms with Crippen molar-refractivity contribution in [1.82, 2.24) is 0 Å². The highest BCUT2D eigenvalue weighted by Gasteiger charge is 2.13. The number of aromatic hydroxyl groups is 2. The molecule has 0 heterocycles. The van der Waals surface area contributed by atoms with Crippen LogP contribution >= 0.6 is 0 Å². The van der Waals surface area contributed by atoms with Gasteiger partial charge in [0.1, 0.15) is 0 Å². The summed E-state index contributed by atoms with van der Waals surface area (Å²) >= 11 is 0. The van der Waals surface area contributed by atoms with Crippen LogP contribution < -0.4 is 10.6 Å². The molecule has 2 rings (SSSR count). The van der Waals surface area contributed by atoms with Crippen molar-refractivity contribution in [1.29, 1.82) is 0 Å². The van der Waals surface area contributed by atoms with Crippen molar-refractivity contribution in [2.45, 2.75) is 6.92 Å². The van der Waals surface area contributed by atoms with Gasteiger partial charge in [-0.15, -0.1) is 0 Å². The van der Waals surface area contributed by atoms with Gasteiger partial charge in [-0.25, -0.2) is 0 Å². The summed E-state index contributed by atoms with van der Waals surface area (Å²) in [5, 5.41) is 24.2. The Morgan fingerprint density at radius 2 is 1.48 bits per heavy atom. The molecule has 0 aromatic heterocycles. The summed E-state index contributed by atoms with van der Waals surface area (Å²) < 4.78 is 0. The molecule has 0 saturated carbocycles. The second-order valence-corrected chi connectivity index (χ2v) is 4.39. The molecule has 0 fully saturated rings. The number of anilines is 2. The SMILES string of the molecule is CC(=O)Nc1ccc(NC(=O)c2cccc(O)c2O)cc1. The Kier molecular flexibility index (Phi) is 4.08. The van der Waals surface area contributed by atoms with Crippen molar-refractivity contribution in [3.8, 4) is 11.5 Å². The number of phenolic OH excluding ortho intramolecular Hbond substituents is 2. The Balaban J connectivity index is 2.12. The van der Waals surface area contributed by atoms with Crippen molar-refractivity contribution >= 4 is 23.2 Å².